The lowest BCUT2D eigenvalue weighted by Gasteiger charge is -2.14. The van der Waals surface area contributed by atoms with E-state index < -0.39 is 0 Å². The van der Waals surface area contributed by atoms with E-state index in [0.717, 1.165) is 13.0 Å². The molecule has 0 fully saturated rings. The summed E-state index contributed by atoms with van der Waals surface area (Å²) in [5.41, 5.74) is 4.18. The molecule has 106 valence electrons. The molecule has 1 aromatic heterocycles. The summed E-state index contributed by atoms with van der Waals surface area (Å²) in [6.45, 7) is 6.87. The van der Waals surface area contributed by atoms with Gasteiger partial charge in [0.05, 0.1) is 0 Å². The standard InChI is InChI=1S/C18H24N2/c1-3-14(2)15-6-7-18-17(12-15)16(13-19-18)8-11-20-9-4-5-10-20/h4,6-7,9,12-14,19H,3,5,8,10-11H2,1-2H3. The average Bonchev–Trinajstić information content (AvgIpc) is 3.13. The third-order valence-corrected chi connectivity index (χ3v) is 4.54. The molecule has 20 heavy (non-hydrogen) atoms. The van der Waals surface area contributed by atoms with Crippen LogP contribution in [0.25, 0.3) is 10.9 Å². The quantitative estimate of drug-likeness (QED) is 0.849. The zero-order valence-electron chi connectivity index (χ0n) is 12.5. The van der Waals surface area contributed by atoms with E-state index in [1.54, 1.807) is 0 Å². The number of nitrogens with one attached hydrogen (secondary N) is 1. The predicted molar refractivity (Wildman–Crippen MR) is 86.0 cm³/mol. The highest BCUT2D eigenvalue weighted by molar-refractivity contribution is 5.84. The minimum Gasteiger partial charge on any atom is -0.377 e. The first-order chi connectivity index (χ1) is 9.78. The Morgan fingerprint density at radius 1 is 1.35 bits per heavy atom. The normalized spacial score (nSPS) is 16.2. The van der Waals surface area contributed by atoms with Gasteiger partial charge in [0.2, 0.25) is 0 Å². The van der Waals surface area contributed by atoms with E-state index in [1.807, 2.05) is 0 Å². The molecule has 0 bridgehead atoms. The van der Waals surface area contributed by atoms with Gasteiger partial charge in [-0.05, 0) is 54.6 Å². The van der Waals surface area contributed by atoms with Crippen molar-refractivity contribution in [2.75, 3.05) is 13.1 Å². The van der Waals surface area contributed by atoms with Crippen molar-refractivity contribution >= 4 is 10.9 Å². The molecule has 1 unspecified atom stereocenters. The summed E-state index contributed by atoms with van der Waals surface area (Å²) in [7, 11) is 0. The van der Waals surface area contributed by atoms with Crippen LogP contribution in [0.4, 0.5) is 0 Å². The summed E-state index contributed by atoms with van der Waals surface area (Å²) in [5.74, 6) is 0.642. The molecule has 0 radical (unpaired) electrons. The first kappa shape index (κ1) is 13.3. The first-order valence-corrected chi connectivity index (χ1v) is 7.78. The average molecular weight is 268 g/mol. The lowest BCUT2D eigenvalue weighted by atomic mass is 9.96. The monoisotopic (exact) mass is 268 g/mol. The number of fused-ring (bicyclic) bond motifs is 1. The molecule has 1 aliphatic heterocycles. The molecule has 2 aromatic rings. The Hall–Kier alpha value is -1.70. The van der Waals surface area contributed by atoms with Gasteiger partial charge in [0.15, 0.2) is 0 Å². The Morgan fingerprint density at radius 3 is 3.00 bits per heavy atom. The van der Waals surface area contributed by atoms with Gasteiger partial charge >= 0.3 is 0 Å². The Bertz CT molecular complexity index is 609. The number of nitrogens with zero attached hydrogens (tertiary/aromatic N) is 1. The molecule has 1 N–H and O–H groups in total. The lowest BCUT2D eigenvalue weighted by Crippen LogP contribution is -2.17. The van der Waals surface area contributed by atoms with Gasteiger partial charge < -0.3 is 9.88 Å². The highest BCUT2D eigenvalue weighted by Crippen LogP contribution is 2.26. The molecular formula is C18H24N2. The third-order valence-electron chi connectivity index (χ3n) is 4.54. The van der Waals surface area contributed by atoms with Crippen LogP contribution >= 0.6 is 0 Å². The predicted octanol–water partition coefficient (Wildman–Crippen LogP) is 4.44. The first-order valence-electron chi connectivity index (χ1n) is 7.78. The van der Waals surface area contributed by atoms with Crippen LogP contribution in [0.5, 0.6) is 0 Å². The molecule has 0 aliphatic carbocycles. The van der Waals surface area contributed by atoms with Crippen molar-refractivity contribution in [2.45, 2.75) is 39.0 Å². The number of rotatable bonds is 5. The summed E-state index contributed by atoms with van der Waals surface area (Å²) in [6, 6.07) is 6.88. The molecule has 1 atom stereocenters. The van der Waals surface area contributed by atoms with Gasteiger partial charge in [-0.1, -0.05) is 26.0 Å². The zero-order valence-corrected chi connectivity index (χ0v) is 12.5. The van der Waals surface area contributed by atoms with Crippen molar-refractivity contribution in [1.29, 1.82) is 0 Å². The minimum absolute atomic E-state index is 0.642. The van der Waals surface area contributed by atoms with E-state index in [-0.39, 0.29) is 0 Å². The zero-order chi connectivity index (χ0) is 13.9. The van der Waals surface area contributed by atoms with Crippen molar-refractivity contribution in [3.63, 3.8) is 0 Å². The molecule has 0 saturated carbocycles. The molecule has 3 rings (SSSR count). The van der Waals surface area contributed by atoms with Crippen molar-refractivity contribution in [1.82, 2.24) is 9.88 Å². The Kier molecular flexibility index (Phi) is 3.81. The van der Waals surface area contributed by atoms with E-state index in [2.05, 4.69) is 60.4 Å². The summed E-state index contributed by atoms with van der Waals surface area (Å²) in [5, 5.41) is 1.41. The van der Waals surface area contributed by atoms with Gasteiger partial charge in [0, 0.05) is 30.2 Å². The van der Waals surface area contributed by atoms with Gasteiger partial charge in [0.1, 0.15) is 0 Å². The highest BCUT2D eigenvalue weighted by atomic mass is 15.1. The number of benzene rings is 1. The van der Waals surface area contributed by atoms with E-state index >= 15 is 0 Å². The van der Waals surface area contributed by atoms with Crippen LogP contribution in [0.1, 0.15) is 43.7 Å². The van der Waals surface area contributed by atoms with Crippen LogP contribution in [0.3, 0.4) is 0 Å². The Labute approximate surface area is 121 Å². The number of aromatic amines is 1. The topological polar surface area (TPSA) is 19.0 Å². The van der Waals surface area contributed by atoms with Crippen molar-refractivity contribution < 1.29 is 0 Å². The number of hydrogen-bond acceptors (Lipinski definition) is 1. The fourth-order valence-corrected chi connectivity index (χ4v) is 2.93. The van der Waals surface area contributed by atoms with Crippen molar-refractivity contribution in [2.24, 2.45) is 0 Å². The number of aromatic nitrogens is 1. The summed E-state index contributed by atoms with van der Waals surface area (Å²) >= 11 is 0. The van der Waals surface area contributed by atoms with E-state index in [1.165, 1.54) is 41.4 Å². The minimum atomic E-state index is 0.642. The van der Waals surface area contributed by atoms with Crippen LogP contribution in [0.15, 0.2) is 36.7 Å². The fourth-order valence-electron chi connectivity index (χ4n) is 2.93. The van der Waals surface area contributed by atoms with Gasteiger partial charge in [0.25, 0.3) is 0 Å². The molecule has 0 spiro atoms. The molecule has 0 amide bonds. The van der Waals surface area contributed by atoms with Gasteiger partial charge in [-0.2, -0.15) is 0 Å². The Balaban J connectivity index is 1.81. The van der Waals surface area contributed by atoms with Crippen LogP contribution in [-0.2, 0) is 6.42 Å². The second kappa shape index (κ2) is 5.74. The fraction of sp³-hybridized carbons (Fsp3) is 0.444. The summed E-state index contributed by atoms with van der Waals surface area (Å²) in [6.07, 6.45) is 10.2. The largest absolute Gasteiger partial charge is 0.377 e. The third kappa shape index (κ3) is 2.60. The van der Waals surface area contributed by atoms with Gasteiger partial charge in [-0.3, -0.25) is 0 Å². The molecule has 1 aliphatic rings. The SMILES string of the molecule is CCC(C)c1ccc2[nH]cc(CCN3C=CCC3)c2c1. The number of hydrogen-bond donors (Lipinski definition) is 1. The molecule has 0 saturated heterocycles. The highest BCUT2D eigenvalue weighted by Gasteiger charge is 2.10. The molecular weight excluding hydrogens is 244 g/mol. The van der Waals surface area contributed by atoms with E-state index in [4.69, 9.17) is 0 Å². The molecule has 2 heteroatoms. The molecule has 2 nitrogen and oxygen atoms in total. The van der Waals surface area contributed by atoms with Crippen LogP contribution in [0, 0.1) is 0 Å². The van der Waals surface area contributed by atoms with Crippen LogP contribution < -0.4 is 0 Å². The second-order valence-corrected chi connectivity index (χ2v) is 5.89. The maximum atomic E-state index is 3.41. The Morgan fingerprint density at radius 2 is 2.25 bits per heavy atom. The van der Waals surface area contributed by atoms with Crippen molar-refractivity contribution in [3.8, 4) is 0 Å². The van der Waals surface area contributed by atoms with Gasteiger partial charge in [-0.15, -0.1) is 0 Å². The smallest absolute Gasteiger partial charge is 0.0457 e. The van der Waals surface area contributed by atoms with Crippen LogP contribution in [-0.4, -0.2) is 23.0 Å². The van der Waals surface area contributed by atoms with Crippen LogP contribution in [0.2, 0.25) is 0 Å². The number of H-pyrrole nitrogens is 1. The second-order valence-electron chi connectivity index (χ2n) is 5.89. The maximum Gasteiger partial charge on any atom is 0.0457 e. The molecule has 1 aromatic carbocycles. The van der Waals surface area contributed by atoms with E-state index in [0.29, 0.717) is 5.92 Å². The maximum absolute atomic E-state index is 3.41. The van der Waals surface area contributed by atoms with Crippen molar-refractivity contribution in [3.05, 3.63) is 47.8 Å². The van der Waals surface area contributed by atoms with Gasteiger partial charge in [-0.25, -0.2) is 0 Å². The lowest BCUT2D eigenvalue weighted by molar-refractivity contribution is 0.411. The summed E-state index contributed by atoms with van der Waals surface area (Å²) in [4.78, 5) is 5.83. The van der Waals surface area contributed by atoms with E-state index in [9.17, 15) is 0 Å². The summed E-state index contributed by atoms with van der Waals surface area (Å²) < 4.78 is 0. The molecule has 2 heterocycles.